The second-order valence-electron chi connectivity index (χ2n) is 3.99. The molecule has 0 unspecified atom stereocenters. The first kappa shape index (κ1) is 20.3. The van der Waals surface area contributed by atoms with E-state index in [1.807, 2.05) is 0 Å². The molecule has 1 aromatic carbocycles. The fraction of sp³-hybridized carbons (Fsp3) is 0.455. The van der Waals surface area contributed by atoms with Gasteiger partial charge in [-0.05, 0) is 24.6 Å². The third-order valence-electron chi connectivity index (χ3n) is 2.34. The summed E-state index contributed by atoms with van der Waals surface area (Å²) < 4.78 is 77.1. The van der Waals surface area contributed by atoms with Crippen molar-refractivity contribution in [2.45, 2.75) is 31.4 Å². The van der Waals surface area contributed by atoms with E-state index in [0.717, 1.165) is 6.07 Å². The molecule has 2 N–H and O–H groups in total. The summed E-state index contributed by atoms with van der Waals surface area (Å²) in [7, 11) is 0. The zero-order chi connectivity index (χ0) is 15.6. The molecule has 122 valence electrons. The van der Waals surface area contributed by atoms with Crippen molar-refractivity contribution in [2.75, 3.05) is 0 Å². The van der Waals surface area contributed by atoms with Crippen molar-refractivity contribution >= 4 is 28.3 Å². The van der Waals surface area contributed by atoms with Crippen molar-refractivity contribution in [2.24, 2.45) is 5.73 Å². The van der Waals surface area contributed by atoms with E-state index in [2.05, 4.69) is 20.7 Å². The van der Waals surface area contributed by atoms with Crippen molar-refractivity contribution in [3.05, 3.63) is 28.2 Å². The van der Waals surface area contributed by atoms with Crippen LogP contribution in [0.25, 0.3) is 0 Å². The molecule has 0 saturated heterocycles. The van der Waals surface area contributed by atoms with E-state index in [1.54, 1.807) is 0 Å². The number of halogens is 8. The summed E-state index contributed by atoms with van der Waals surface area (Å²) >= 11 is 3.02. The predicted molar refractivity (Wildman–Crippen MR) is 70.3 cm³/mol. The molecular weight excluding hydrogens is 391 g/mol. The van der Waals surface area contributed by atoms with Crippen LogP contribution in [0.2, 0.25) is 0 Å². The lowest BCUT2D eigenvalue weighted by atomic mass is 10.0. The fourth-order valence-electron chi connectivity index (χ4n) is 1.50. The molecular formula is C11H11BrClF6NO. The van der Waals surface area contributed by atoms with Crippen LogP contribution in [0.15, 0.2) is 22.7 Å². The van der Waals surface area contributed by atoms with Crippen molar-refractivity contribution in [3.8, 4) is 5.75 Å². The third-order valence-corrected chi connectivity index (χ3v) is 2.83. The SMILES string of the molecule is Cl.N[C@H](CCC(F)(F)F)c1cc(Br)ccc1OC(F)(F)F. The van der Waals surface area contributed by atoms with Gasteiger partial charge in [0.15, 0.2) is 0 Å². The Hall–Kier alpha value is -0.670. The molecule has 0 aromatic heterocycles. The molecule has 0 heterocycles. The highest BCUT2D eigenvalue weighted by molar-refractivity contribution is 9.10. The maximum Gasteiger partial charge on any atom is 0.573 e. The predicted octanol–water partition coefficient (Wildman–Crippen LogP) is 5.11. The fourth-order valence-corrected chi connectivity index (χ4v) is 1.88. The Balaban J connectivity index is 0.00000400. The number of rotatable bonds is 4. The van der Waals surface area contributed by atoms with Gasteiger partial charge in [-0.3, -0.25) is 0 Å². The lowest BCUT2D eigenvalue weighted by molar-refractivity contribution is -0.275. The van der Waals surface area contributed by atoms with Gasteiger partial charge in [0, 0.05) is 22.5 Å². The van der Waals surface area contributed by atoms with Gasteiger partial charge in [-0.15, -0.1) is 25.6 Å². The van der Waals surface area contributed by atoms with Crippen molar-refractivity contribution < 1.29 is 31.1 Å². The number of alkyl halides is 6. The van der Waals surface area contributed by atoms with E-state index in [1.165, 1.54) is 12.1 Å². The van der Waals surface area contributed by atoms with Gasteiger partial charge < -0.3 is 10.5 Å². The van der Waals surface area contributed by atoms with Crippen LogP contribution in [-0.4, -0.2) is 12.5 Å². The molecule has 0 aliphatic carbocycles. The summed E-state index contributed by atoms with van der Waals surface area (Å²) in [4.78, 5) is 0. The zero-order valence-electron chi connectivity index (χ0n) is 10.3. The quantitative estimate of drug-likeness (QED) is 0.710. The topological polar surface area (TPSA) is 35.2 Å². The largest absolute Gasteiger partial charge is 0.573 e. The summed E-state index contributed by atoms with van der Waals surface area (Å²) in [5.41, 5.74) is 5.38. The van der Waals surface area contributed by atoms with Crippen molar-refractivity contribution in [3.63, 3.8) is 0 Å². The van der Waals surface area contributed by atoms with E-state index in [4.69, 9.17) is 5.73 Å². The van der Waals surface area contributed by atoms with Crippen LogP contribution in [-0.2, 0) is 0 Å². The first-order valence-electron chi connectivity index (χ1n) is 5.35. The summed E-state index contributed by atoms with van der Waals surface area (Å²) in [5.74, 6) is -0.602. The molecule has 0 aliphatic heterocycles. The Morgan fingerprint density at radius 3 is 2.19 bits per heavy atom. The molecule has 1 rings (SSSR count). The van der Waals surface area contributed by atoms with Gasteiger partial charge in [0.1, 0.15) is 5.75 Å². The number of benzene rings is 1. The highest BCUT2D eigenvalue weighted by atomic mass is 79.9. The molecule has 10 heteroatoms. The van der Waals surface area contributed by atoms with E-state index in [0.29, 0.717) is 4.47 Å². The van der Waals surface area contributed by atoms with Crippen LogP contribution in [0.1, 0.15) is 24.4 Å². The first-order valence-corrected chi connectivity index (χ1v) is 6.15. The lowest BCUT2D eigenvalue weighted by Crippen LogP contribution is -2.21. The van der Waals surface area contributed by atoms with Crippen LogP contribution in [0, 0.1) is 0 Å². The van der Waals surface area contributed by atoms with Crippen LogP contribution in [0.3, 0.4) is 0 Å². The second kappa shape index (κ2) is 7.55. The molecule has 1 atom stereocenters. The van der Waals surface area contributed by atoms with E-state index in [9.17, 15) is 26.3 Å². The van der Waals surface area contributed by atoms with Crippen LogP contribution >= 0.6 is 28.3 Å². The molecule has 0 radical (unpaired) electrons. The number of ether oxygens (including phenoxy) is 1. The second-order valence-corrected chi connectivity index (χ2v) is 4.91. The lowest BCUT2D eigenvalue weighted by Gasteiger charge is -2.19. The molecule has 0 aliphatic rings. The minimum Gasteiger partial charge on any atom is -0.405 e. The smallest absolute Gasteiger partial charge is 0.405 e. The van der Waals surface area contributed by atoms with Gasteiger partial charge in [-0.1, -0.05) is 15.9 Å². The summed E-state index contributed by atoms with van der Waals surface area (Å²) in [6.45, 7) is 0. The van der Waals surface area contributed by atoms with Crippen LogP contribution in [0.5, 0.6) is 5.75 Å². The molecule has 0 fully saturated rings. The van der Waals surface area contributed by atoms with Crippen molar-refractivity contribution in [1.29, 1.82) is 0 Å². The zero-order valence-corrected chi connectivity index (χ0v) is 12.7. The summed E-state index contributed by atoms with van der Waals surface area (Å²) in [5, 5.41) is 0. The van der Waals surface area contributed by atoms with Gasteiger partial charge in [0.05, 0.1) is 0 Å². The summed E-state index contributed by atoms with van der Waals surface area (Å²) in [6, 6.07) is 2.27. The first-order chi connectivity index (χ1) is 8.98. The average molecular weight is 403 g/mol. The van der Waals surface area contributed by atoms with Crippen molar-refractivity contribution in [1.82, 2.24) is 0 Å². The minimum absolute atomic E-state index is 0. The Kier molecular flexibility index (Phi) is 7.31. The normalized spacial score (nSPS) is 13.5. The van der Waals surface area contributed by atoms with Gasteiger partial charge >= 0.3 is 12.5 Å². The molecule has 0 amide bonds. The van der Waals surface area contributed by atoms with E-state index >= 15 is 0 Å². The van der Waals surface area contributed by atoms with E-state index in [-0.39, 0.29) is 18.0 Å². The van der Waals surface area contributed by atoms with Gasteiger partial charge in [0.25, 0.3) is 0 Å². The monoisotopic (exact) mass is 401 g/mol. The third kappa shape index (κ3) is 7.77. The molecule has 21 heavy (non-hydrogen) atoms. The maximum absolute atomic E-state index is 12.2. The average Bonchev–Trinajstić information content (AvgIpc) is 2.25. The number of hydrogen-bond donors (Lipinski definition) is 1. The van der Waals surface area contributed by atoms with Gasteiger partial charge in [0.2, 0.25) is 0 Å². The molecule has 0 spiro atoms. The Bertz CT molecular complexity index is 465. The number of nitrogens with two attached hydrogens (primary N) is 1. The van der Waals surface area contributed by atoms with Crippen LogP contribution < -0.4 is 10.5 Å². The highest BCUT2D eigenvalue weighted by Gasteiger charge is 2.33. The molecule has 1 aromatic rings. The highest BCUT2D eigenvalue weighted by Crippen LogP contribution is 2.35. The molecule has 0 bridgehead atoms. The van der Waals surface area contributed by atoms with Crippen LogP contribution in [0.4, 0.5) is 26.3 Å². The molecule has 0 saturated carbocycles. The van der Waals surface area contributed by atoms with E-state index < -0.39 is 37.2 Å². The Labute approximate surface area is 131 Å². The minimum atomic E-state index is -4.94. The maximum atomic E-state index is 12.2. The van der Waals surface area contributed by atoms with Gasteiger partial charge in [-0.2, -0.15) is 13.2 Å². The summed E-state index contributed by atoms with van der Waals surface area (Å²) in [6.07, 6.45) is -11.1. The number of hydrogen-bond acceptors (Lipinski definition) is 2. The van der Waals surface area contributed by atoms with Gasteiger partial charge in [-0.25, -0.2) is 0 Å². The standard InChI is InChI=1S/C11H10BrF6NO.ClH/c12-6-1-2-9(20-11(16,17)18)7(5-6)8(19)3-4-10(13,14)15;/h1-2,5,8H,3-4,19H2;1H/t8-;/m1./s1. The Morgan fingerprint density at radius 2 is 1.71 bits per heavy atom. The molecule has 2 nitrogen and oxygen atoms in total. The Morgan fingerprint density at radius 1 is 1.14 bits per heavy atom.